The second-order valence-electron chi connectivity index (χ2n) is 18.5. The third kappa shape index (κ3) is 11.3. The molecule has 17 heteroatoms. The molecule has 2 saturated heterocycles. The third-order valence-electron chi connectivity index (χ3n) is 11.2. The highest BCUT2D eigenvalue weighted by Gasteiger charge is 2.33. The predicted molar refractivity (Wildman–Crippen MR) is 246 cm³/mol. The lowest BCUT2D eigenvalue weighted by atomic mass is 9.98. The number of methoxy groups -OCH3 is 1. The Balaban J connectivity index is 1.09. The Morgan fingerprint density at radius 1 is 0.785 bits per heavy atom. The van der Waals surface area contributed by atoms with Gasteiger partial charge < -0.3 is 39.5 Å². The molecule has 3 aliphatic rings. The number of aromatic nitrogens is 2. The molecule has 0 radical (unpaired) electrons. The first kappa shape index (κ1) is 47.0. The molecule has 344 valence electrons. The Morgan fingerprint density at radius 3 is 2.02 bits per heavy atom. The fourth-order valence-corrected chi connectivity index (χ4v) is 8.78. The number of nitrogens with zero attached hydrogens (tertiary/aromatic N) is 5. The van der Waals surface area contributed by atoms with Gasteiger partial charge in [-0.2, -0.15) is 0 Å². The van der Waals surface area contributed by atoms with Crippen LogP contribution in [0.25, 0.3) is 33.6 Å². The number of pyridine rings is 2. The van der Waals surface area contributed by atoms with Crippen molar-refractivity contribution < 1.29 is 38.2 Å². The second kappa shape index (κ2) is 19.3. The fraction of sp³-hybridized carbons (Fsp3) is 0.438. The van der Waals surface area contributed by atoms with Crippen molar-refractivity contribution in [3.8, 4) is 39.5 Å². The number of ether oxygens (including phenoxy) is 3. The summed E-state index contributed by atoms with van der Waals surface area (Å²) in [5, 5.41) is 6.60. The minimum Gasteiger partial charge on any atom is -0.481 e. The van der Waals surface area contributed by atoms with E-state index in [0.717, 1.165) is 5.56 Å². The zero-order valence-corrected chi connectivity index (χ0v) is 39.3. The first-order valence-electron chi connectivity index (χ1n) is 21.7. The minimum absolute atomic E-state index is 0.0474. The molecule has 2 atom stereocenters. The van der Waals surface area contributed by atoms with Gasteiger partial charge in [0, 0.05) is 97.2 Å². The Bertz CT molecular complexity index is 2500. The molecule has 0 aliphatic carbocycles. The standard InChI is InChI=1S/C48H55Cl2N7O8/c1-47(2,3)64-45(61)56(26-31-13-17-38(58)52-31)22-21-55-25-30-23-28(11-15-33(30)44(55)60)42-41(50)35(19-20-51-42)34-9-8-10-36(40(34)49)37-16-12-29(43(54-37)63-7)24-57(46(62)65-48(4,5)6)27-32-14-18-39(59)53-32/h8-12,15-16,19-20,23,31-32H,13-14,17-18,21-22,24-27H2,1-7H3,(H,52,58)(H,53,59)/t31-,32-/m0/s1. The summed E-state index contributed by atoms with van der Waals surface area (Å²) >= 11 is 14.4. The zero-order chi connectivity index (χ0) is 46.8. The summed E-state index contributed by atoms with van der Waals surface area (Å²) in [6, 6.07) is 16.1. The van der Waals surface area contributed by atoms with Crippen LogP contribution in [0, 0.1) is 0 Å². The van der Waals surface area contributed by atoms with Crippen LogP contribution in [-0.4, -0.2) is 111 Å². The summed E-state index contributed by atoms with van der Waals surface area (Å²) in [6.45, 7) is 12.3. The molecule has 7 rings (SSSR count). The minimum atomic E-state index is -0.724. The van der Waals surface area contributed by atoms with Crippen LogP contribution in [0.15, 0.2) is 60.8 Å². The number of hydrogen-bond donors (Lipinski definition) is 2. The maximum Gasteiger partial charge on any atom is 0.410 e. The van der Waals surface area contributed by atoms with Crippen molar-refractivity contribution in [1.29, 1.82) is 0 Å². The van der Waals surface area contributed by atoms with Crippen molar-refractivity contribution in [3.63, 3.8) is 0 Å². The average molecular weight is 929 g/mol. The van der Waals surface area contributed by atoms with E-state index in [4.69, 9.17) is 42.4 Å². The molecule has 0 unspecified atom stereocenters. The van der Waals surface area contributed by atoms with Crippen LogP contribution in [-0.2, 0) is 32.2 Å². The lowest BCUT2D eigenvalue weighted by Crippen LogP contribution is -2.47. The summed E-state index contributed by atoms with van der Waals surface area (Å²) < 4.78 is 17.1. The SMILES string of the molecule is COc1nc(-c2cccc(-c3ccnc(-c4ccc5c(c4)CN(CCN(C[C@@H]4CCC(=O)N4)C(=O)OC(C)(C)C)C5=O)c3Cl)c2Cl)ccc1CN(C[C@@H]1CCC(=O)N1)C(=O)OC(C)(C)C. The van der Waals surface area contributed by atoms with Gasteiger partial charge >= 0.3 is 12.2 Å². The molecule has 15 nitrogen and oxygen atoms in total. The molecule has 0 bridgehead atoms. The van der Waals surface area contributed by atoms with Crippen molar-refractivity contribution in [1.82, 2.24) is 35.3 Å². The number of hydrogen-bond acceptors (Lipinski definition) is 10. The molecule has 4 aromatic rings. The molecule has 5 heterocycles. The monoisotopic (exact) mass is 927 g/mol. The normalized spacial score (nSPS) is 17.1. The highest BCUT2D eigenvalue weighted by Crippen LogP contribution is 2.42. The Hall–Kier alpha value is -5.93. The maximum atomic E-state index is 13.6. The molecule has 2 fully saturated rings. The molecule has 0 spiro atoms. The second-order valence-corrected chi connectivity index (χ2v) is 19.3. The highest BCUT2D eigenvalue weighted by molar-refractivity contribution is 6.39. The summed E-state index contributed by atoms with van der Waals surface area (Å²) in [5.74, 6) is 0.0463. The Morgan fingerprint density at radius 2 is 1.40 bits per heavy atom. The lowest BCUT2D eigenvalue weighted by Gasteiger charge is -2.30. The number of halogens is 2. The molecular formula is C48H55Cl2N7O8. The number of carbonyl (C=O) groups excluding carboxylic acids is 5. The van der Waals surface area contributed by atoms with Crippen molar-refractivity contribution >= 4 is 53.1 Å². The topological polar surface area (TPSA) is 173 Å². The molecule has 5 amide bonds. The van der Waals surface area contributed by atoms with Gasteiger partial charge in [0.25, 0.3) is 5.91 Å². The quantitative estimate of drug-likeness (QED) is 0.133. The molecule has 3 aliphatic heterocycles. The summed E-state index contributed by atoms with van der Waals surface area (Å²) in [7, 11) is 1.51. The van der Waals surface area contributed by atoms with Gasteiger partial charge in [-0.3, -0.25) is 19.4 Å². The van der Waals surface area contributed by atoms with Gasteiger partial charge in [-0.1, -0.05) is 47.5 Å². The summed E-state index contributed by atoms with van der Waals surface area (Å²) in [4.78, 5) is 78.3. The predicted octanol–water partition coefficient (Wildman–Crippen LogP) is 8.28. The van der Waals surface area contributed by atoms with Crippen LogP contribution < -0.4 is 15.4 Å². The van der Waals surface area contributed by atoms with Crippen molar-refractivity contribution in [2.45, 2.75) is 104 Å². The summed E-state index contributed by atoms with van der Waals surface area (Å²) in [6.07, 6.45) is 2.68. The molecule has 2 aromatic carbocycles. The van der Waals surface area contributed by atoms with Gasteiger partial charge in [-0.25, -0.2) is 14.6 Å². The van der Waals surface area contributed by atoms with E-state index in [2.05, 4.69) is 15.6 Å². The van der Waals surface area contributed by atoms with Gasteiger partial charge in [-0.05, 0) is 90.3 Å². The molecule has 65 heavy (non-hydrogen) atoms. The van der Waals surface area contributed by atoms with Crippen molar-refractivity contribution in [2.75, 3.05) is 33.3 Å². The van der Waals surface area contributed by atoms with E-state index in [-0.39, 0.29) is 62.5 Å². The first-order valence-corrected chi connectivity index (χ1v) is 22.5. The number of fused-ring (bicyclic) bond motifs is 1. The average Bonchev–Trinajstić information content (AvgIpc) is 3.94. The van der Waals surface area contributed by atoms with Crippen LogP contribution in [0.3, 0.4) is 0 Å². The van der Waals surface area contributed by atoms with Gasteiger partial charge in [-0.15, -0.1) is 0 Å². The Kier molecular flexibility index (Phi) is 13.9. The molecular weight excluding hydrogens is 873 g/mol. The molecule has 0 saturated carbocycles. The summed E-state index contributed by atoms with van der Waals surface area (Å²) in [5.41, 5.74) is 4.20. The van der Waals surface area contributed by atoms with Crippen LogP contribution >= 0.6 is 23.2 Å². The van der Waals surface area contributed by atoms with E-state index in [0.29, 0.717) is 92.9 Å². The largest absolute Gasteiger partial charge is 0.481 e. The van der Waals surface area contributed by atoms with Crippen LogP contribution in [0.1, 0.15) is 88.7 Å². The molecule has 2 N–H and O–H groups in total. The van der Waals surface area contributed by atoms with E-state index in [1.165, 1.54) is 7.11 Å². The zero-order valence-electron chi connectivity index (χ0n) is 37.8. The van der Waals surface area contributed by atoms with E-state index in [9.17, 15) is 24.0 Å². The van der Waals surface area contributed by atoms with Crippen LogP contribution in [0.2, 0.25) is 10.0 Å². The van der Waals surface area contributed by atoms with Crippen molar-refractivity contribution in [3.05, 3.63) is 87.5 Å². The maximum absolute atomic E-state index is 13.6. The number of rotatable bonds is 13. The van der Waals surface area contributed by atoms with Crippen molar-refractivity contribution in [2.24, 2.45) is 0 Å². The van der Waals surface area contributed by atoms with E-state index >= 15 is 0 Å². The number of carbonyl (C=O) groups is 5. The first-order chi connectivity index (χ1) is 30.8. The number of benzene rings is 2. The van der Waals surface area contributed by atoms with Gasteiger partial charge in [0.1, 0.15) is 11.2 Å². The lowest BCUT2D eigenvalue weighted by molar-refractivity contribution is -0.120. The number of nitrogens with one attached hydrogen (secondary N) is 2. The molecule has 2 aromatic heterocycles. The fourth-order valence-electron chi connectivity index (χ4n) is 8.14. The van der Waals surface area contributed by atoms with Gasteiger partial charge in [0.05, 0.1) is 35.1 Å². The van der Waals surface area contributed by atoms with Gasteiger partial charge in [0.15, 0.2) is 0 Å². The van der Waals surface area contributed by atoms with Gasteiger partial charge in [0.2, 0.25) is 17.7 Å². The van der Waals surface area contributed by atoms with E-state index in [1.54, 1.807) is 74.6 Å². The number of amides is 5. The smallest absolute Gasteiger partial charge is 0.410 e. The highest BCUT2D eigenvalue weighted by atomic mass is 35.5. The van der Waals surface area contributed by atoms with E-state index in [1.807, 2.05) is 42.5 Å². The third-order valence-corrected chi connectivity index (χ3v) is 12.0. The van der Waals surface area contributed by atoms with Crippen LogP contribution in [0.5, 0.6) is 5.88 Å². The Labute approximate surface area is 389 Å². The van der Waals surface area contributed by atoms with Crippen LogP contribution in [0.4, 0.5) is 9.59 Å². The van der Waals surface area contributed by atoms with E-state index < -0.39 is 23.4 Å².